The summed E-state index contributed by atoms with van der Waals surface area (Å²) in [5.41, 5.74) is 0.316. The van der Waals surface area contributed by atoms with Crippen LogP contribution in [0.15, 0.2) is 11.4 Å². The maximum atomic E-state index is 11.9. The summed E-state index contributed by atoms with van der Waals surface area (Å²) < 4.78 is 5.20. The molecule has 7 heteroatoms. The molecule has 1 aromatic heterocycles. The first-order chi connectivity index (χ1) is 9.66. The zero-order chi connectivity index (χ0) is 14.4. The number of nitrogens with one attached hydrogen (secondary N) is 1. The number of hydrogen-bond acceptors (Lipinski definition) is 5. The third kappa shape index (κ3) is 4.29. The second-order valence-corrected chi connectivity index (χ2v) is 5.52. The van der Waals surface area contributed by atoms with E-state index in [1.165, 1.54) is 11.3 Å². The highest BCUT2D eigenvalue weighted by molar-refractivity contribution is 7.10. The highest BCUT2D eigenvalue weighted by Crippen LogP contribution is 2.14. The van der Waals surface area contributed by atoms with E-state index in [0.29, 0.717) is 51.4 Å². The summed E-state index contributed by atoms with van der Waals surface area (Å²) in [6, 6.07) is 1.66. The number of morpholine rings is 1. The van der Waals surface area contributed by atoms with Gasteiger partial charge in [0, 0.05) is 42.9 Å². The van der Waals surface area contributed by atoms with Crippen molar-refractivity contribution >= 4 is 23.2 Å². The van der Waals surface area contributed by atoms with Crippen LogP contribution in [-0.4, -0.2) is 54.7 Å². The molecule has 1 aliphatic rings. The van der Waals surface area contributed by atoms with Crippen molar-refractivity contribution in [3.05, 3.63) is 21.9 Å². The Morgan fingerprint density at radius 1 is 1.40 bits per heavy atom. The van der Waals surface area contributed by atoms with Crippen LogP contribution in [0, 0.1) is 0 Å². The van der Waals surface area contributed by atoms with Crippen LogP contribution in [0.3, 0.4) is 0 Å². The summed E-state index contributed by atoms with van der Waals surface area (Å²) >= 11 is 1.41. The number of carboxylic acids is 1. The zero-order valence-corrected chi connectivity index (χ0v) is 11.9. The molecule has 6 nitrogen and oxygen atoms in total. The highest BCUT2D eigenvalue weighted by atomic mass is 32.1. The van der Waals surface area contributed by atoms with Gasteiger partial charge in [-0.3, -0.25) is 4.79 Å². The lowest BCUT2D eigenvalue weighted by molar-refractivity contribution is -0.135. The fraction of sp³-hybridized carbons (Fsp3) is 0.538. The van der Waals surface area contributed by atoms with Crippen LogP contribution < -0.4 is 5.32 Å². The van der Waals surface area contributed by atoms with Crippen LogP contribution in [0.2, 0.25) is 0 Å². The molecule has 2 heterocycles. The molecule has 2 N–H and O–H groups in total. The van der Waals surface area contributed by atoms with E-state index in [2.05, 4.69) is 5.32 Å². The molecule has 0 saturated carbocycles. The Balaban J connectivity index is 1.65. The van der Waals surface area contributed by atoms with Gasteiger partial charge in [-0.25, -0.2) is 4.79 Å². The van der Waals surface area contributed by atoms with Gasteiger partial charge in [-0.05, 0) is 6.07 Å². The second-order valence-electron chi connectivity index (χ2n) is 4.53. The molecule has 1 fully saturated rings. The molecule has 1 aliphatic heterocycles. The lowest BCUT2D eigenvalue weighted by Crippen LogP contribution is -2.41. The van der Waals surface area contributed by atoms with E-state index in [1.54, 1.807) is 11.4 Å². The maximum absolute atomic E-state index is 11.9. The van der Waals surface area contributed by atoms with E-state index in [1.807, 2.05) is 4.90 Å². The number of aromatic carboxylic acids is 1. The second kappa shape index (κ2) is 7.37. The predicted octanol–water partition coefficient (Wildman–Crippen LogP) is 0.785. The fourth-order valence-electron chi connectivity index (χ4n) is 1.96. The van der Waals surface area contributed by atoms with Crippen LogP contribution in [0.5, 0.6) is 0 Å². The van der Waals surface area contributed by atoms with E-state index in [4.69, 9.17) is 9.84 Å². The van der Waals surface area contributed by atoms with Crippen molar-refractivity contribution in [3.8, 4) is 0 Å². The van der Waals surface area contributed by atoms with Gasteiger partial charge < -0.3 is 20.1 Å². The third-order valence-electron chi connectivity index (χ3n) is 3.08. The molecule has 0 aliphatic carbocycles. The summed E-state index contributed by atoms with van der Waals surface area (Å²) in [6.07, 6.45) is 0.456. The number of carbonyl (C=O) groups is 2. The van der Waals surface area contributed by atoms with Crippen molar-refractivity contribution < 1.29 is 19.4 Å². The zero-order valence-electron chi connectivity index (χ0n) is 11.1. The van der Waals surface area contributed by atoms with Gasteiger partial charge in [0.05, 0.1) is 18.8 Å². The Hall–Kier alpha value is -1.44. The summed E-state index contributed by atoms with van der Waals surface area (Å²) in [7, 11) is 0. The minimum atomic E-state index is -0.907. The number of carboxylic acid groups (broad SMARTS) is 1. The van der Waals surface area contributed by atoms with E-state index in [0.717, 1.165) is 4.88 Å². The number of nitrogens with zero attached hydrogens (tertiary/aromatic N) is 1. The van der Waals surface area contributed by atoms with E-state index < -0.39 is 5.97 Å². The topological polar surface area (TPSA) is 78.9 Å². The minimum Gasteiger partial charge on any atom is -0.478 e. The molecular formula is C13H18N2O4S. The Bertz CT molecular complexity index is 469. The molecule has 2 rings (SSSR count). The lowest BCUT2D eigenvalue weighted by Gasteiger charge is -2.26. The summed E-state index contributed by atoms with van der Waals surface area (Å²) in [6.45, 7) is 3.76. The van der Waals surface area contributed by atoms with Gasteiger partial charge >= 0.3 is 5.97 Å². The highest BCUT2D eigenvalue weighted by Gasteiger charge is 2.15. The minimum absolute atomic E-state index is 0.137. The number of carbonyl (C=O) groups excluding carboxylic acids is 1. The molecule has 0 atom stereocenters. The van der Waals surface area contributed by atoms with Crippen LogP contribution in [0.1, 0.15) is 21.7 Å². The van der Waals surface area contributed by atoms with E-state index in [9.17, 15) is 9.59 Å². The smallest absolute Gasteiger partial charge is 0.336 e. The molecule has 0 spiro atoms. The van der Waals surface area contributed by atoms with Crippen LogP contribution in [0.4, 0.5) is 0 Å². The molecule has 0 aromatic carbocycles. The monoisotopic (exact) mass is 298 g/mol. The van der Waals surface area contributed by atoms with Crippen molar-refractivity contribution in [3.63, 3.8) is 0 Å². The van der Waals surface area contributed by atoms with Crippen molar-refractivity contribution in [2.75, 3.05) is 32.8 Å². The first-order valence-electron chi connectivity index (χ1n) is 6.54. The van der Waals surface area contributed by atoms with Gasteiger partial charge in [0.25, 0.3) is 0 Å². The molecule has 0 radical (unpaired) electrons. The van der Waals surface area contributed by atoms with Crippen molar-refractivity contribution in [2.24, 2.45) is 0 Å². The Morgan fingerprint density at radius 3 is 2.80 bits per heavy atom. The average Bonchev–Trinajstić information content (AvgIpc) is 2.93. The maximum Gasteiger partial charge on any atom is 0.336 e. The summed E-state index contributed by atoms with van der Waals surface area (Å²) in [4.78, 5) is 25.4. The van der Waals surface area contributed by atoms with Gasteiger partial charge in [-0.1, -0.05) is 0 Å². The molecule has 0 unspecified atom stereocenters. The normalized spacial score (nSPS) is 15.3. The van der Waals surface area contributed by atoms with E-state index in [-0.39, 0.29) is 5.91 Å². The molecule has 0 bridgehead atoms. The third-order valence-corrected chi connectivity index (χ3v) is 4.02. The Morgan fingerprint density at radius 2 is 2.15 bits per heavy atom. The van der Waals surface area contributed by atoms with Gasteiger partial charge in [0.1, 0.15) is 0 Å². The molecule has 1 amide bonds. The summed E-state index contributed by atoms with van der Waals surface area (Å²) in [5.74, 6) is -0.770. The van der Waals surface area contributed by atoms with Gasteiger partial charge in [0.2, 0.25) is 5.91 Å². The van der Waals surface area contributed by atoms with Crippen molar-refractivity contribution in [1.29, 1.82) is 0 Å². The first-order valence-corrected chi connectivity index (χ1v) is 7.41. The van der Waals surface area contributed by atoms with Crippen molar-refractivity contribution in [2.45, 2.75) is 13.0 Å². The van der Waals surface area contributed by atoms with E-state index >= 15 is 0 Å². The number of amides is 1. The molecule has 110 valence electrons. The van der Waals surface area contributed by atoms with Crippen LogP contribution >= 0.6 is 11.3 Å². The van der Waals surface area contributed by atoms with Crippen LogP contribution in [0.25, 0.3) is 0 Å². The van der Waals surface area contributed by atoms with Crippen LogP contribution in [-0.2, 0) is 16.1 Å². The first kappa shape index (κ1) is 15.0. The molecule has 1 aromatic rings. The van der Waals surface area contributed by atoms with Crippen molar-refractivity contribution in [1.82, 2.24) is 10.2 Å². The standard InChI is InChI=1S/C13H18N2O4S/c16-12(15-3-5-19-6-4-15)1-2-14-8-11-7-10(9-20-11)13(17)18/h7,9,14H,1-6,8H2,(H,17,18). The van der Waals surface area contributed by atoms with Gasteiger partial charge in [-0.15, -0.1) is 11.3 Å². The largest absolute Gasteiger partial charge is 0.478 e. The molecule has 20 heavy (non-hydrogen) atoms. The number of hydrogen-bond donors (Lipinski definition) is 2. The quantitative estimate of drug-likeness (QED) is 0.759. The number of thiophene rings is 1. The van der Waals surface area contributed by atoms with Gasteiger partial charge in [0.15, 0.2) is 0 Å². The Kier molecular flexibility index (Phi) is 5.51. The number of rotatable bonds is 6. The molecule has 1 saturated heterocycles. The predicted molar refractivity (Wildman–Crippen MR) is 75.0 cm³/mol. The Labute approximate surface area is 121 Å². The molecular weight excluding hydrogens is 280 g/mol. The fourth-order valence-corrected chi connectivity index (χ4v) is 2.79. The number of ether oxygens (including phenoxy) is 1. The summed E-state index contributed by atoms with van der Waals surface area (Å²) in [5, 5.41) is 13.6. The average molecular weight is 298 g/mol. The SMILES string of the molecule is O=C(O)c1csc(CNCCC(=O)N2CCOCC2)c1. The lowest BCUT2D eigenvalue weighted by atomic mass is 10.3. The van der Waals surface area contributed by atoms with Gasteiger partial charge in [-0.2, -0.15) is 0 Å².